The van der Waals surface area contributed by atoms with Crippen LogP contribution >= 0.6 is 15.9 Å². The fraction of sp³-hybridized carbons (Fsp3) is 0.500. The van der Waals surface area contributed by atoms with Gasteiger partial charge in [-0.05, 0) is 36.1 Å². The molecule has 0 radical (unpaired) electrons. The van der Waals surface area contributed by atoms with Crippen LogP contribution in [0.5, 0.6) is 0 Å². The average Bonchev–Trinajstić information content (AvgIpc) is 2.21. The topological polar surface area (TPSA) is 26.0 Å². The molecule has 0 aliphatic rings. The second-order valence-electron chi connectivity index (χ2n) is 4.02. The van der Waals surface area contributed by atoms with Crippen LogP contribution in [0, 0.1) is 11.7 Å². The molecule has 15 heavy (non-hydrogen) atoms. The van der Waals surface area contributed by atoms with Crippen molar-refractivity contribution in [3.8, 4) is 0 Å². The Morgan fingerprint density at radius 1 is 1.47 bits per heavy atom. The van der Waals surface area contributed by atoms with Crippen molar-refractivity contribution in [2.75, 3.05) is 0 Å². The van der Waals surface area contributed by atoms with Crippen molar-refractivity contribution in [3.05, 3.63) is 34.1 Å². The molecule has 2 atom stereocenters. The summed E-state index contributed by atoms with van der Waals surface area (Å²) in [4.78, 5) is 0. The molecule has 1 rings (SSSR count). The van der Waals surface area contributed by atoms with E-state index in [0.717, 1.165) is 22.9 Å². The zero-order valence-corrected chi connectivity index (χ0v) is 10.7. The summed E-state index contributed by atoms with van der Waals surface area (Å²) in [7, 11) is 0. The number of hydrogen-bond donors (Lipinski definition) is 1. The molecular weight excluding hydrogens is 257 g/mol. The van der Waals surface area contributed by atoms with Gasteiger partial charge in [0.25, 0.3) is 0 Å². The summed E-state index contributed by atoms with van der Waals surface area (Å²) in [6.45, 7) is 4.30. The lowest BCUT2D eigenvalue weighted by Gasteiger charge is -2.17. The highest BCUT2D eigenvalue weighted by atomic mass is 79.9. The fourth-order valence-corrected chi connectivity index (χ4v) is 2.07. The summed E-state index contributed by atoms with van der Waals surface area (Å²) in [5, 5.41) is 0. The van der Waals surface area contributed by atoms with Crippen molar-refractivity contribution in [3.63, 3.8) is 0 Å². The first kappa shape index (κ1) is 12.7. The first-order valence-electron chi connectivity index (χ1n) is 5.25. The minimum atomic E-state index is -0.229. The van der Waals surface area contributed by atoms with Gasteiger partial charge in [-0.1, -0.05) is 36.2 Å². The number of halogens is 2. The zero-order chi connectivity index (χ0) is 11.4. The highest BCUT2D eigenvalue weighted by molar-refractivity contribution is 9.10. The van der Waals surface area contributed by atoms with Crippen LogP contribution in [-0.4, -0.2) is 0 Å². The molecule has 1 aromatic carbocycles. The van der Waals surface area contributed by atoms with E-state index in [1.54, 1.807) is 6.07 Å². The summed E-state index contributed by atoms with van der Waals surface area (Å²) in [5.41, 5.74) is 6.90. The van der Waals surface area contributed by atoms with Crippen molar-refractivity contribution in [2.45, 2.75) is 32.7 Å². The van der Waals surface area contributed by atoms with Crippen LogP contribution in [0.4, 0.5) is 4.39 Å². The van der Waals surface area contributed by atoms with Crippen molar-refractivity contribution in [1.29, 1.82) is 0 Å². The summed E-state index contributed by atoms with van der Waals surface area (Å²) in [6.07, 6.45) is 1.99. The summed E-state index contributed by atoms with van der Waals surface area (Å²) < 4.78 is 13.9. The van der Waals surface area contributed by atoms with Gasteiger partial charge in [-0.15, -0.1) is 0 Å². The highest BCUT2D eigenvalue weighted by Gasteiger charge is 2.13. The summed E-state index contributed by atoms with van der Waals surface area (Å²) >= 11 is 3.40. The first-order chi connectivity index (χ1) is 7.04. The van der Waals surface area contributed by atoms with Crippen LogP contribution in [-0.2, 0) is 0 Å². The molecule has 2 N–H and O–H groups in total. The lowest BCUT2D eigenvalue weighted by Crippen LogP contribution is -2.14. The van der Waals surface area contributed by atoms with E-state index in [1.165, 1.54) is 12.1 Å². The molecule has 0 aliphatic heterocycles. The predicted octanol–water partition coefficient (Wildman–Crippen LogP) is 4.02. The smallest absolute Gasteiger partial charge is 0.123 e. The molecule has 0 aliphatic carbocycles. The van der Waals surface area contributed by atoms with Gasteiger partial charge in [0, 0.05) is 10.5 Å². The third-order valence-electron chi connectivity index (χ3n) is 2.71. The van der Waals surface area contributed by atoms with Crippen LogP contribution in [0.15, 0.2) is 22.7 Å². The Balaban J connectivity index is 2.80. The molecular formula is C12H17BrFN. The predicted molar refractivity (Wildman–Crippen MR) is 65.1 cm³/mol. The van der Waals surface area contributed by atoms with Crippen molar-refractivity contribution >= 4 is 15.9 Å². The number of rotatable bonds is 4. The van der Waals surface area contributed by atoms with E-state index in [1.807, 2.05) is 0 Å². The number of hydrogen-bond acceptors (Lipinski definition) is 1. The number of nitrogens with two attached hydrogens (primary N) is 1. The van der Waals surface area contributed by atoms with Gasteiger partial charge in [-0.25, -0.2) is 4.39 Å². The SMILES string of the molecule is CCC(C)CC(N)c1cc(F)ccc1Br. The lowest BCUT2D eigenvalue weighted by atomic mass is 9.95. The van der Waals surface area contributed by atoms with Crippen LogP contribution in [0.25, 0.3) is 0 Å². The molecule has 0 amide bonds. The van der Waals surface area contributed by atoms with Crippen LogP contribution in [0.2, 0.25) is 0 Å². The van der Waals surface area contributed by atoms with Gasteiger partial charge in [0.15, 0.2) is 0 Å². The van der Waals surface area contributed by atoms with Gasteiger partial charge in [-0.3, -0.25) is 0 Å². The quantitative estimate of drug-likeness (QED) is 0.881. The fourth-order valence-electron chi connectivity index (χ4n) is 1.53. The van der Waals surface area contributed by atoms with E-state index >= 15 is 0 Å². The maximum atomic E-state index is 13.1. The summed E-state index contributed by atoms with van der Waals surface area (Å²) in [5.74, 6) is 0.336. The maximum absolute atomic E-state index is 13.1. The molecule has 84 valence electrons. The molecule has 0 fully saturated rings. The molecule has 0 aromatic heterocycles. The van der Waals surface area contributed by atoms with Gasteiger partial charge in [0.1, 0.15) is 5.82 Å². The first-order valence-corrected chi connectivity index (χ1v) is 6.04. The molecule has 0 spiro atoms. The molecule has 2 unspecified atom stereocenters. The molecule has 0 saturated heterocycles. The largest absolute Gasteiger partial charge is 0.324 e. The maximum Gasteiger partial charge on any atom is 0.123 e. The Bertz CT molecular complexity index is 327. The molecule has 0 bridgehead atoms. The Hall–Kier alpha value is -0.410. The third kappa shape index (κ3) is 3.58. The molecule has 0 heterocycles. The van der Waals surface area contributed by atoms with E-state index in [4.69, 9.17) is 5.73 Å². The van der Waals surface area contributed by atoms with Crippen LogP contribution < -0.4 is 5.73 Å². The van der Waals surface area contributed by atoms with E-state index in [9.17, 15) is 4.39 Å². The Morgan fingerprint density at radius 2 is 2.13 bits per heavy atom. The minimum Gasteiger partial charge on any atom is -0.324 e. The van der Waals surface area contributed by atoms with Gasteiger partial charge >= 0.3 is 0 Å². The molecule has 1 aromatic rings. The average molecular weight is 274 g/mol. The normalized spacial score (nSPS) is 15.0. The van der Waals surface area contributed by atoms with Gasteiger partial charge in [0.2, 0.25) is 0 Å². The molecule has 3 heteroatoms. The zero-order valence-electron chi connectivity index (χ0n) is 9.13. The van der Waals surface area contributed by atoms with E-state index in [0.29, 0.717) is 5.92 Å². The molecule has 0 saturated carbocycles. The second-order valence-corrected chi connectivity index (χ2v) is 4.88. The van der Waals surface area contributed by atoms with E-state index in [-0.39, 0.29) is 11.9 Å². The van der Waals surface area contributed by atoms with Gasteiger partial charge in [0.05, 0.1) is 0 Å². The number of benzene rings is 1. The van der Waals surface area contributed by atoms with Gasteiger partial charge in [-0.2, -0.15) is 0 Å². The highest BCUT2D eigenvalue weighted by Crippen LogP contribution is 2.27. The van der Waals surface area contributed by atoms with Crippen LogP contribution in [0.3, 0.4) is 0 Å². The monoisotopic (exact) mass is 273 g/mol. The lowest BCUT2D eigenvalue weighted by molar-refractivity contribution is 0.459. The van der Waals surface area contributed by atoms with E-state index in [2.05, 4.69) is 29.8 Å². The van der Waals surface area contributed by atoms with Crippen molar-refractivity contribution in [1.82, 2.24) is 0 Å². The van der Waals surface area contributed by atoms with E-state index < -0.39 is 0 Å². The minimum absolute atomic E-state index is 0.0926. The Labute approximate surface area is 99.0 Å². The second kappa shape index (κ2) is 5.61. The summed E-state index contributed by atoms with van der Waals surface area (Å²) in [6, 6.07) is 4.56. The van der Waals surface area contributed by atoms with Crippen molar-refractivity contribution < 1.29 is 4.39 Å². The Morgan fingerprint density at radius 3 is 2.73 bits per heavy atom. The molecule has 1 nitrogen and oxygen atoms in total. The van der Waals surface area contributed by atoms with Gasteiger partial charge < -0.3 is 5.73 Å². The standard InChI is InChI=1S/C12H17BrFN/c1-3-8(2)6-12(15)10-7-9(14)4-5-11(10)13/h4-5,7-8,12H,3,6,15H2,1-2H3. The van der Waals surface area contributed by atoms with Crippen LogP contribution in [0.1, 0.15) is 38.3 Å². The third-order valence-corrected chi connectivity index (χ3v) is 3.43. The Kier molecular flexibility index (Phi) is 4.74. The van der Waals surface area contributed by atoms with Crippen molar-refractivity contribution in [2.24, 2.45) is 11.7 Å².